The molecule has 1 unspecified atom stereocenters. The summed E-state index contributed by atoms with van der Waals surface area (Å²) in [7, 11) is 0. The van der Waals surface area contributed by atoms with E-state index in [-0.39, 0.29) is 23.9 Å². The summed E-state index contributed by atoms with van der Waals surface area (Å²) in [6.45, 7) is 6.63. The number of piperidine rings is 1. The van der Waals surface area contributed by atoms with Crippen molar-refractivity contribution < 1.29 is 9.18 Å². The van der Waals surface area contributed by atoms with Gasteiger partial charge in [-0.2, -0.15) is 0 Å². The number of nitrogens with one attached hydrogen (secondary N) is 2. The van der Waals surface area contributed by atoms with Crippen LogP contribution in [0.2, 0.25) is 0 Å². The van der Waals surface area contributed by atoms with Gasteiger partial charge < -0.3 is 10.6 Å². The van der Waals surface area contributed by atoms with Gasteiger partial charge in [-0.15, -0.1) is 12.4 Å². The molecule has 140 valence electrons. The Kier molecular flexibility index (Phi) is 7.18. The summed E-state index contributed by atoms with van der Waals surface area (Å²) in [4.78, 5) is 12.3. The predicted octanol–water partition coefficient (Wildman–Crippen LogP) is 4.26. The number of halogens is 2. The average molecular weight is 377 g/mol. The molecule has 0 spiro atoms. The van der Waals surface area contributed by atoms with Crippen molar-refractivity contribution in [2.24, 2.45) is 5.92 Å². The SMILES string of the molecule is Cc1ccc(-c2ccc(C(=O)NCC3CCCNC3)c(F)c2)cc1C.Cl. The molecular weight excluding hydrogens is 351 g/mol. The van der Waals surface area contributed by atoms with Gasteiger partial charge >= 0.3 is 0 Å². The molecule has 1 heterocycles. The van der Waals surface area contributed by atoms with Gasteiger partial charge in [-0.05, 0) is 80.1 Å². The zero-order chi connectivity index (χ0) is 17.8. The normalized spacial score (nSPS) is 16.7. The van der Waals surface area contributed by atoms with Gasteiger partial charge in [0.1, 0.15) is 5.82 Å². The van der Waals surface area contributed by atoms with Gasteiger partial charge in [0.05, 0.1) is 5.56 Å². The zero-order valence-corrected chi connectivity index (χ0v) is 16.1. The van der Waals surface area contributed by atoms with Crippen molar-refractivity contribution in [2.75, 3.05) is 19.6 Å². The molecule has 0 saturated carbocycles. The van der Waals surface area contributed by atoms with Crippen LogP contribution >= 0.6 is 12.4 Å². The first kappa shape index (κ1) is 20.4. The molecule has 1 fully saturated rings. The Labute approximate surface area is 160 Å². The molecule has 1 aliphatic rings. The van der Waals surface area contributed by atoms with E-state index in [9.17, 15) is 9.18 Å². The molecule has 0 aliphatic carbocycles. The number of carbonyl (C=O) groups excluding carboxylic acids is 1. The Morgan fingerprint density at radius 3 is 2.54 bits per heavy atom. The molecule has 2 aromatic carbocycles. The maximum atomic E-state index is 14.5. The second-order valence-electron chi connectivity index (χ2n) is 6.92. The Bertz CT molecular complexity index is 773. The highest BCUT2D eigenvalue weighted by Gasteiger charge is 2.17. The second-order valence-corrected chi connectivity index (χ2v) is 6.92. The number of hydrogen-bond donors (Lipinski definition) is 2. The van der Waals surface area contributed by atoms with Crippen LogP contribution in [0.5, 0.6) is 0 Å². The molecule has 3 rings (SSSR count). The summed E-state index contributed by atoms with van der Waals surface area (Å²) < 4.78 is 14.5. The van der Waals surface area contributed by atoms with Crippen LogP contribution in [0.4, 0.5) is 4.39 Å². The van der Waals surface area contributed by atoms with E-state index in [1.54, 1.807) is 6.07 Å². The van der Waals surface area contributed by atoms with Gasteiger partial charge in [-0.25, -0.2) is 4.39 Å². The van der Waals surface area contributed by atoms with Gasteiger partial charge in [0, 0.05) is 6.54 Å². The largest absolute Gasteiger partial charge is 0.352 e. The fourth-order valence-corrected chi connectivity index (χ4v) is 3.23. The topological polar surface area (TPSA) is 41.1 Å². The van der Waals surface area contributed by atoms with Crippen molar-refractivity contribution in [3.63, 3.8) is 0 Å². The molecule has 1 saturated heterocycles. The predicted molar refractivity (Wildman–Crippen MR) is 106 cm³/mol. The van der Waals surface area contributed by atoms with Crippen molar-refractivity contribution in [3.05, 3.63) is 58.9 Å². The molecule has 0 radical (unpaired) electrons. The number of rotatable bonds is 4. The Balaban J connectivity index is 0.00000243. The van der Waals surface area contributed by atoms with Gasteiger partial charge in [0.2, 0.25) is 0 Å². The summed E-state index contributed by atoms with van der Waals surface area (Å²) >= 11 is 0. The van der Waals surface area contributed by atoms with Crippen LogP contribution in [0.3, 0.4) is 0 Å². The molecule has 1 aliphatic heterocycles. The minimum atomic E-state index is -0.477. The van der Waals surface area contributed by atoms with Crippen LogP contribution < -0.4 is 10.6 Å². The lowest BCUT2D eigenvalue weighted by Crippen LogP contribution is -2.38. The standard InChI is InChI=1S/C21H25FN2O.ClH/c1-14-5-6-17(10-15(14)2)18-7-8-19(20(22)11-18)21(25)24-13-16-4-3-9-23-12-16;/h5-8,10-11,16,23H,3-4,9,12-13H2,1-2H3,(H,24,25);1H. The average Bonchev–Trinajstić information content (AvgIpc) is 2.63. The highest BCUT2D eigenvalue weighted by molar-refractivity contribution is 5.95. The third kappa shape index (κ3) is 4.83. The van der Waals surface area contributed by atoms with Crippen molar-refractivity contribution in [1.29, 1.82) is 0 Å². The molecule has 2 N–H and O–H groups in total. The van der Waals surface area contributed by atoms with E-state index >= 15 is 0 Å². The molecule has 1 amide bonds. The van der Waals surface area contributed by atoms with Crippen molar-refractivity contribution in [3.8, 4) is 11.1 Å². The van der Waals surface area contributed by atoms with Crippen LogP contribution in [0.1, 0.15) is 34.3 Å². The number of aryl methyl sites for hydroxylation is 2. The van der Waals surface area contributed by atoms with Crippen molar-refractivity contribution in [1.82, 2.24) is 10.6 Å². The molecule has 26 heavy (non-hydrogen) atoms. The van der Waals surface area contributed by atoms with Gasteiger partial charge in [-0.1, -0.05) is 24.3 Å². The lowest BCUT2D eigenvalue weighted by molar-refractivity contribution is 0.0941. The molecule has 0 bridgehead atoms. The fraction of sp³-hybridized carbons (Fsp3) is 0.381. The Morgan fingerprint density at radius 1 is 1.15 bits per heavy atom. The van der Waals surface area contributed by atoms with Gasteiger partial charge in [0.25, 0.3) is 5.91 Å². The number of hydrogen-bond acceptors (Lipinski definition) is 2. The first-order chi connectivity index (χ1) is 12.0. The van der Waals surface area contributed by atoms with E-state index in [4.69, 9.17) is 0 Å². The molecule has 5 heteroatoms. The highest BCUT2D eigenvalue weighted by Crippen LogP contribution is 2.24. The van der Waals surface area contributed by atoms with Crippen molar-refractivity contribution >= 4 is 18.3 Å². The van der Waals surface area contributed by atoms with Gasteiger partial charge in [0.15, 0.2) is 0 Å². The summed E-state index contributed by atoms with van der Waals surface area (Å²) in [5.41, 5.74) is 4.23. The maximum Gasteiger partial charge on any atom is 0.254 e. The molecule has 1 atom stereocenters. The van der Waals surface area contributed by atoms with E-state index < -0.39 is 5.82 Å². The van der Waals surface area contributed by atoms with Crippen LogP contribution in [-0.4, -0.2) is 25.5 Å². The molecular formula is C21H26ClFN2O. The van der Waals surface area contributed by atoms with E-state index in [1.807, 2.05) is 31.2 Å². The summed E-state index contributed by atoms with van der Waals surface area (Å²) in [6, 6.07) is 10.9. The van der Waals surface area contributed by atoms with Crippen LogP contribution in [0.25, 0.3) is 11.1 Å². The lowest BCUT2D eigenvalue weighted by atomic mass is 9.98. The van der Waals surface area contributed by atoms with Crippen molar-refractivity contribution in [2.45, 2.75) is 26.7 Å². The molecule has 3 nitrogen and oxygen atoms in total. The van der Waals surface area contributed by atoms with Crippen LogP contribution in [0.15, 0.2) is 36.4 Å². The molecule has 0 aromatic heterocycles. The summed E-state index contributed by atoms with van der Waals surface area (Å²) in [5, 5.41) is 6.18. The zero-order valence-electron chi connectivity index (χ0n) is 15.3. The lowest BCUT2D eigenvalue weighted by Gasteiger charge is -2.22. The molecule has 2 aromatic rings. The third-order valence-corrected chi connectivity index (χ3v) is 5.00. The first-order valence-electron chi connectivity index (χ1n) is 8.90. The second kappa shape index (κ2) is 9.15. The van der Waals surface area contributed by atoms with Crippen LogP contribution in [0, 0.1) is 25.6 Å². The van der Waals surface area contributed by atoms with Crippen LogP contribution in [-0.2, 0) is 0 Å². The number of amides is 1. The summed E-state index contributed by atoms with van der Waals surface area (Å²) in [6.07, 6.45) is 2.22. The highest BCUT2D eigenvalue weighted by atomic mass is 35.5. The minimum absolute atomic E-state index is 0. The Morgan fingerprint density at radius 2 is 1.88 bits per heavy atom. The van der Waals surface area contributed by atoms with E-state index in [1.165, 1.54) is 17.2 Å². The number of carbonyl (C=O) groups is 1. The van der Waals surface area contributed by atoms with E-state index in [0.717, 1.165) is 37.1 Å². The number of benzene rings is 2. The smallest absolute Gasteiger partial charge is 0.254 e. The summed E-state index contributed by atoms with van der Waals surface area (Å²) in [5.74, 6) is -0.389. The third-order valence-electron chi connectivity index (χ3n) is 5.00. The monoisotopic (exact) mass is 376 g/mol. The van der Waals surface area contributed by atoms with Gasteiger partial charge in [-0.3, -0.25) is 4.79 Å². The first-order valence-corrected chi connectivity index (χ1v) is 8.90. The fourth-order valence-electron chi connectivity index (χ4n) is 3.23. The van der Waals surface area contributed by atoms with E-state index in [0.29, 0.717) is 12.5 Å². The quantitative estimate of drug-likeness (QED) is 0.837. The maximum absolute atomic E-state index is 14.5. The van der Waals surface area contributed by atoms with E-state index in [2.05, 4.69) is 17.6 Å². The minimum Gasteiger partial charge on any atom is -0.352 e. The Hall–Kier alpha value is -1.91.